The Labute approximate surface area is 63.7 Å². The summed E-state index contributed by atoms with van der Waals surface area (Å²) >= 11 is 0. The van der Waals surface area contributed by atoms with E-state index in [0.29, 0.717) is 0 Å². The minimum atomic E-state index is -1.34. The van der Waals surface area contributed by atoms with Crippen LogP contribution in [-0.4, -0.2) is 28.1 Å². The number of hydrogen-bond acceptors (Lipinski definition) is 2. The second-order valence-electron chi connectivity index (χ2n) is 3.27. The van der Waals surface area contributed by atoms with Gasteiger partial charge in [0.2, 0.25) is 0 Å². The van der Waals surface area contributed by atoms with Crippen LogP contribution in [0.1, 0.15) is 6.92 Å². The Hall–Kier alpha value is 0.137. The van der Waals surface area contributed by atoms with Crippen molar-refractivity contribution in [1.82, 2.24) is 0 Å². The summed E-state index contributed by atoms with van der Waals surface area (Å²) < 4.78 is 10.8. The Bertz CT molecular complexity index is 110. The smallest absolute Gasteiger partial charge is 0.194 e. The van der Waals surface area contributed by atoms with Gasteiger partial charge in [-0.1, -0.05) is 0 Å². The first-order valence-electron chi connectivity index (χ1n) is 3.88. The lowest BCUT2D eigenvalue weighted by Gasteiger charge is -2.37. The van der Waals surface area contributed by atoms with E-state index >= 15 is 0 Å². The zero-order valence-electron chi connectivity index (χ0n) is 7.02. The van der Waals surface area contributed by atoms with Crippen molar-refractivity contribution < 1.29 is 9.16 Å². The van der Waals surface area contributed by atoms with Crippen molar-refractivity contribution in [2.24, 2.45) is 0 Å². The average molecular weight is 160 g/mol. The van der Waals surface area contributed by atoms with Crippen LogP contribution in [0.2, 0.25) is 18.6 Å². The third-order valence-electron chi connectivity index (χ3n) is 2.14. The summed E-state index contributed by atoms with van der Waals surface area (Å²) in [4.78, 5) is 0. The molecule has 1 rings (SSSR count). The van der Waals surface area contributed by atoms with Crippen molar-refractivity contribution in [3.8, 4) is 0 Å². The Kier molecular flexibility index (Phi) is 2.49. The van der Waals surface area contributed by atoms with Crippen molar-refractivity contribution in [3.63, 3.8) is 0 Å². The Morgan fingerprint density at radius 1 is 1.50 bits per heavy atom. The molecule has 0 aromatic carbocycles. The maximum atomic E-state index is 5.69. The number of ether oxygens (including phenoxy) is 1. The standard InChI is InChI=1S/C7H16O2Si/c1-4-9-10(2,3)7-5-8-6-7/h7H,4-6H2,1-3H3. The number of hydrogen-bond donors (Lipinski definition) is 0. The maximum Gasteiger partial charge on any atom is 0.194 e. The average Bonchev–Trinajstić information content (AvgIpc) is 1.56. The lowest BCUT2D eigenvalue weighted by Crippen LogP contribution is -2.46. The zero-order valence-corrected chi connectivity index (χ0v) is 8.02. The highest BCUT2D eigenvalue weighted by molar-refractivity contribution is 6.73. The molecule has 60 valence electrons. The molecular formula is C7H16O2Si. The van der Waals surface area contributed by atoms with Gasteiger partial charge in [-0.05, 0) is 20.0 Å². The molecule has 1 heterocycles. The van der Waals surface area contributed by atoms with Gasteiger partial charge in [-0.15, -0.1) is 0 Å². The maximum absolute atomic E-state index is 5.69. The largest absolute Gasteiger partial charge is 0.417 e. The van der Waals surface area contributed by atoms with Gasteiger partial charge in [0.25, 0.3) is 0 Å². The van der Waals surface area contributed by atoms with E-state index in [1.165, 1.54) is 0 Å². The molecule has 0 radical (unpaired) electrons. The van der Waals surface area contributed by atoms with Crippen LogP contribution in [0.5, 0.6) is 0 Å². The van der Waals surface area contributed by atoms with Crippen molar-refractivity contribution in [3.05, 3.63) is 0 Å². The van der Waals surface area contributed by atoms with Crippen molar-refractivity contribution in [2.75, 3.05) is 19.8 Å². The fourth-order valence-electron chi connectivity index (χ4n) is 1.13. The third kappa shape index (κ3) is 1.59. The van der Waals surface area contributed by atoms with Gasteiger partial charge < -0.3 is 9.16 Å². The summed E-state index contributed by atoms with van der Waals surface area (Å²) in [6.45, 7) is 9.32. The van der Waals surface area contributed by atoms with Crippen LogP contribution >= 0.6 is 0 Å². The van der Waals surface area contributed by atoms with E-state index in [1.54, 1.807) is 0 Å². The summed E-state index contributed by atoms with van der Waals surface area (Å²) in [5.41, 5.74) is 0.743. The van der Waals surface area contributed by atoms with Crippen LogP contribution in [-0.2, 0) is 9.16 Å². The molecular weight excluding hydrogens is 144 g/mol. The molecule has 0 unspecified atom stereocenters. The van der Waals surface area contributed by atoms with Crippen molar-refractivity contribution in [2.45, 2.75) is 25.6 Å². The first kappa shape index (κ1) is 8.24. The van der Waals surface area contributed by atoms with Crippen LogP contribution < -0.4 is 0 Å². The molecule has 2 nitrogen and oxygen atoms in total. The highest BCUT2D eigenvalue weighted by atomic mass is 28.4. The minimum absolute atomic E-state index is 0.743. The Morgan fingerprint density at radius 2 is 2.10 bits per heavy atom. The van der Waals surface area contributed by atoms with E-state index in [-0.39, 0.29) is 0 Å². The molecule has 0 aromatic rings. The predicted octanol–water partition coefficient (Wildman–Crippen LogP) is 1.63. The monoisotopic (exact) mass is 160 g/mol. The van der Waals surface area contributed by atoms with E-state index < -0.39 is 8.32 Å². The van der Waals surface area contributed by atoms with Crippen LogP contribution in [0.3, 0.4) is 0 Å². The van der Waals surface area contributed by atoms with Gasteiger partial charge >= 0.3 is 0 Å². The second-order valence-corrected chi connectivity index (χ2v) is 7.58. The van der Waals surface area contributed by atoms with Gasteiger partial charge in [-0.3, -0.25) is 0 Å². The summed E-state index contributed by atoms with van der Waals surface area (Å²) in [5.74, 6) is 0. The molecule has 0 spiro atoms. The summed E-state index contributed by atoms with van der Waals surface area (Å²) in [6, 6.07) is 0. The molecule has 1 fully saturated rings. The van der Waals surface area contributed by atoms with Crippen LogP contribution in [0.25, 0.3) is 0 Å². The third-order valence-corrected chi connectivity index (χ3v) is 5.47. The molecule has 1 aliphatic rings. The van der Waals surface area contributed by atoms with Gasteiger partial charge in [0.05, 0.1) is 13.2 Å². The van der Waals surface area contributed by atoms with E-state index in [4.69, 9.17) is 9.16 Å². The van der Waals surface area contributed by atoms with Crippen LogP contribution in [0.15, 0.2) is 0 Å². The molecule has 0 aliphatic carbocycles. The van der Waals surface area contributed by atoms with Gasteiger partial charge in [0.1, 0.15) is 0 Å². The van der Waals surface area contributed by atoms with E-state index in [0.717, 1.165) is 25.4 Å². The van der Waals surface area contributed by atoms with E-state index in [2.05, 4.69) is 20.0 Å². The second kappa shape index (κ2) is 3.03. The fraction of sp³-hybridized carbons (Fsp3) is 1.00. The molecule has 1 saturated heterocycles. The quantitative estimate of drug-likeness (QED) is 0.584. The molecule has 1 aliphatic heterocycles. The molecule has 0 N–H and O–H groups in total. The highest BCUT2D eigenvalue weighted by Crippen LogP contribution is 2.29. The van der Waals surface area contributed by atoms with Gasteiger partial charge in [0.15, 0.2) is 8.32 Å². The van der Waals surface area contributed by atoms with E-state index in [1.807, 2.05) is 0 Å². The summed E-state index contributed by atoms with van der Waals surface area (Å²) in [7, 11) is -1.34. The topological polar surface area (TPSA) is 18.5 Å². The number of rotatable bonds is 3. The molecule has 0 saturated carbocycles. The normalized spacial score (nSPS) is 20.7. The van der Waals surface area contributed by atoms with Gasteiger partial charge in [-0.2, -0.15) is 0 Å². The summed E-state index contributed by atoms with van der Waals surface area (Å²) in [5, 5.41) is 0. The SMILES string of the molecule is CCO[Si](C)(C)C1COC1. The summed E-state index contributed by atoms with van der Waals surface area (Å²) in [6.07, 6.45) is 0. The Balaban J connectivity index is 2.33. The first-order chi connectivity index (χ1) is 4.67. The van der Waals surface area contributed by atoms with Crippen molar-refractivity contribution in [1.29, 1.82) is 0 Å². The molecule has 0 atom stereocenters. The first-order valence-corrected chi connectivity index (χ1v) is 6.87. The van der Waals surface area contributed by atoms with Gasteiger partial charge in [0, 0.05) is 12.1 Å². The minimum Gasteiger partial charge on any atom is -0.417 e. The lowest BCUT2D eigenvalue weighted by atomic mass is 10.4. The predicted molar refractivity (Wildman–Crippen MR) is 43.7 cm³/mol. The van der Waals surface area contributed by atoms with Gasteiger partial charge in [-0.25, -0.2) is 0 Å². The lowest BCUT2D eigenvalue weighted by molar-refractivity contribution is 0.0255. The molecule has 10 heavy (non-hydrogen) atoms. The van der Waals surface area contributed by atoms with Crippen molar-refractivity contribution >= 4 is 8.32 Å². The fourth-order valence-corrected chi connectivity index (χ4v) is 3.15. The molecule has 0 bridgehead atoms. The molecule has 0 amide bonds. The Morgan fingerprint density at radius 3 is 2.40 bits per heavy atom. The van der Waals surface area contributed by atoms with Crippen LogP contribution in [0, 0.1) is 0 Å². The molecule has 3 heteroatoms. The zero-order chi connectivity index (χ0) is 7.61. The van der Waals surface area contributed by atoms with Crippen LogP contribution in [0.4, 0.5) is 0 Å². The van der Waals surface area contributed by atoms with E-state index in [9.17, 15) is 0 Å². The molecule has 0 aromatic heterocycles. The highest BCUT2D eigenvalue weighted by Gasteiger charge is 2.38.